The minimum atomic E-state index is -3.62. The third kappa shape index (κ3) is 3.12. The van der Waals surface area contributed by atoms with Gasteiger partial charge in [-0.3, -0.25) is 0 Å². The van der Waals surface area contributed by atoms with Crippen molar-refractivity contribution in [3.05, 3.63) is 45.1 Å². The fourth-order valence-electron chi connectivity index (χ4n) is 2.33. The van der Waals surface area contributed by atoms with Gasteiger partial charge in [-0.2, -0.15) is 0 Å². The molecule has 1 aromatic heterocycles. The van der Waals surface area contributed by atoms with E-state index in [0.717, 1.165) is 16.0 Å². The second-order valence-corrected chi connectivity index (χ2v) is 7.85. The summed E-state index contributed by atoms with van der Waals surface area (Å²) in [6, 6.07) is 5.37. The first-order valence-electron chi connectivity index (χ1n) is 6.66. The van der Waals surface area contributed by atoms with Crippen LogP contribution in [0.5, 0.6) is 0 Å². The van der Waals surface area contributed by atoms with Crippen LogP contribution in [0.2, 0.25) is 0 Å². The highest BCUT2D eigenvalue weighted by atomic mass is 32.2. The Morgan fingerprint density at radius 3 is 2.48 bits per heavy atom. The van der Waals surface area contributed by atoms with Gasteiger partial charge in [0, 0.05) is 10.6 Å². The zero-order chi connectivity index (χ0) is 15.8. The lowest BCUT2D eigenvalue weighted by Gasteiger charge is -2.18. The SMILES string of the molecule is Cc1cc(N)c(C)c(S(=O)(=O)NC(C)c2cccs2)c1C. The van der Waals surface area contributed by atoms with Crippen LogP contribution in [0.25, 0.3) is 0 Å². The molecule has 0 saturated heterocycles. The largest absolute Gasteiger partial charge is 0.398 e. The number of sulfonamides is 1. The molecule has 1 aromatic carbocycles. The normalized spacial score (nSPS) is 13.3. The molecule has 0 fully saturated rings. The zero-order valence-electron chi connectivity index (χ0n) is 12.6. The second kappa shape index (κ2) is 5.79. The summed E-state index contributed by atoms with van der Waals surface area (Å²) in [6.07, 6.45) is 0. The Kier molecular flexibility index (Phi) is 4.41. The van der Waals surface area contributed by atoms with Crippen molar-refractivity contribution in [2.24, 2.45) is 0 Å². The predicted molar refractivity (Wildman–Crippen MR) is 88.1 cm³/mol. The predicted octanol–water partition coefficient (Wildman–Crippen LogP) is 3.30. The van der Waals surface area contributed by atoms with E-state index in [9.17, 15) is 8.42 Å². The lowest BCUT2D eigenvalue weighted by atomic mass is 10.1. The highest BCUT2D eigenvalue weighted by molar-refractivity contribution is 7.89. The smallest absolute Gasteiger partial charge is 0.241 e. The molecule has 1 atom stereocenters. The molecule has 0 aliphatic rings. The van der Waals surface area contributed by atoms with E-state index in [1.54, 1.807) is 6.92 Å². The summed E-state index contributed by atoms with van der Waals surface area (Å²) in [5, 5.41) is 1.93. The van der Waals surface area contributed by atoms with Crippen LogP contribution in [0.4, 0.5) is 5.69 Å². The van der Waals surface area contributed by atoms with E-state index >= 15 is 0 Å². The van der Waals surface area contributed by atoms with Crippen LogP contribution in [0.1, 0.15) is 34.5 Å². The monoisotopic (exact) mass is 324 g/mol. The molecule has 0 spiro atoms. The van der Waals surface area contributed by atoms with Gasteiger partial charge in [-0.15, -0.1) is 11.3 Å². The summed E-state index contributed by atoms with van der Waals surface area (Å²) >= 11 is 1.53. The first-order chi connectivity index (χ1) is 9.74. The van der Waals surface area contributed by atoms with Crippen LogP contribution in [0.3, 0.4) is 0 Å². The van der Waals surface area contributed by atoms with Crippen molar-refractivity contribution in [2.45, 2.75) is 38.6 Å². The molecule has 0 bridgehead atoms. The van der Waals surface area contributed by atoms with Crippen molar-refractivity contribution in [1.29, 1.82) is 0 Å². The number of nitrogens with two attached hydrogens (primary N) is 1. The topological polar surface area (TPSA) is 72.2 Å². The van der Waals surface area contributed by atoms with Crippen LogP contribution >= 0.6 is 11.3 Å². The molecular weight excluding hydrogens is 304 g/mol. The fourth-order valence-corrected chi connectivity index (χ4v) is 4.94. The minimum Gasteiger partial charge on any atom is -0.398 e. The standard InChI is InChI=1S/C15H20N2O2S2/c1-9-8-13(16)11(3)15(10(9)2)21(18,19)17-12(4)14-6-5-7-20-14/h5-8,12,17H,16H2,1-4H3. The number of aryl methyl sites for hydroxylation is 1. The van der Waals surface area contributed by atoms with E-state index in [0.29, 0.717) is 16.1 Å². The number of anilines is 1. The molecule has 0 amide bonds. The maximum absolute atomic E-state index is 12.7. The average molecular weight is 324 g/mol. The first-order valence-corrected chi connectivity index (χ1v) is 9.02. The van der Waals surface area contributed by atoms with Crippen molar-refractivity contribution in [2.75, 3.05) is 5.73 Å². The molecule has 6 heteroatoms. The number of hydrogen-bond acceptors (Lipinski definition) is 4. The van der Waals surface area contributed by atoms with Gasteiger partial charge in [0.25, 0.3) is 0 Å². The Hall–Kier alpha value is -1.37. The van der Waals surface area contributed by atoms with Crippen LogP contribution in [-0.4, -0.2) is 8.42 Å². The Morgan fingerprint density at radius 1 is 1.24 bits per heavy atom. The summed E-state index contributed by atoms with van der Waals surface area (Å²) in [6.45, 7) is 7.26. The zero-order valence-corrected chi connectivity index (χ0v) is 14.2. The van der Waals surface area contributed by atoms with Crippen LogP contribution < -0.4 is 10.5 Å². The van der Waals surface area contributed by atoms with Crippen molar-refractivity contribution in [3.8, 4) is 0 Å². The van der Waals surface area contributed by atoms with Gasteiger partial charge in [-0.25, -0.2) is 13.1 Å². The molecule has 1 unspecified atom stereocenters. The van der Waals surface area contributed by atoms with Gasteiger partial charge in [-0.05, 0) is 61.9 Å². The van der Waals surface area contributed by atoms with Gasteiger partial charge in [0.05, 0.1) is 10.9 Å². The van der Waals surface area contributed by atoms with E-state index in [1.807, 2.05) is 44.4 Å². The number of nitrogen functional groups attached to an aromatic ring is 1. The molecule has 0 radical (unpaired) electrons. The number of hydrogen-bond donors (Lipinski definition) is 2. The molecule has 0 saturated carbocycles. The van der Waals surface area contributed by atoms with Gasteiger partial charge in [-0.1, -0.05) is 6.07 Å². The Bertz CT molecular complexity index is 724. The van der Waals surface area contributed by atoms with Crippen molar-refractivity contribution in [3.63, 3.8) is 0 Å². The molecule has 0 aliphatic carbocycles. The van der Waals surface area contributed by atoms with E-state index in [2.05, 4.69) is 4.72 Å². The van der Waals surface area contributed by atoms with E-state index in [-0.39, 0.29) is 6.04 Å². The van der Waals surface area contributed by atoms with Gasteiger partial charge in [0.1, 0.15) is 0 Å². The van der Waals surface area contributed by atoms with E-state index < -0.39 is 10.0 Å². The van der Waals surface area contributed by atoms with Crippen molar-refractivity contribution in [1.82, 2.24) is 4.72 Å². The Labute approximate surface area is 130 Å². The average Bonchev–Trinajstić information content (AvgIpc) is 2.89. The Morgan fingerprint density at radius 2 is 1.90 bits per heavy atom. The van der Waals surface area contributed by atoms with Crippen LogP contribution in [0.15, 0.2) is 28.5 Å². The highest BCUT2D eigenvalue weighted by Gasteiger charge is 2.24. The van der Waals surface area contributed by atoms with Crippen LogP contribution in [0, 0.1) is 20.8 Å². The van der Waals surface area contributed by atoms with Gasteiger partial charge < -0.3 is 5.73 Å². The maximum Gasteiger partial charge on any atom is 0.241 e. The second-order valence-electron chi connectivity index (χ2n) is 5.22. The number of nitrogens with one attached hydrogen (secondary N) is 1. The Balaban J connectivity index is 2.46. The molecule has 114 valence electrons. The van der Waals surface area contributed by atoms with E-state index in [4.69, 9.17) is 5.73 Å². The molecule has 0 aliphatic heterocycles. The van der Waals surface area contributed by atoms with Gasteiger partial charge in [0.15, 0.2) is 0 Å². The van der Waals surface area contributed by atoms with Gasteiger partial charge >= 0.3 is 0 Å². The first kappa shape index (κ1) is 16.0. The molecule has 4 nitrogen and oxygen atoms in total. The number of rotatable bonds is 4. The van der Waals surface area contributed by atoms with Crippen LogP contribution in [-0.2, 0) is 10.0 Å². The lowest BCUT2D eigenvalue weighted by molar-refractivity contribution is 0.567. The van der Waals surface area contributed by atoms with Crippen molar-refractivity contribution >= 4 is 27.0 Å². The molecule has 3 N–H and O–H groups in total. The number of thiophene rings is 1. The summed E-state index contributed by atoms with van der Waals surface area (Å²) < 4.78 is 28.2. The summed E-state index contributed by atoms with van der Waals surface area (Å²) in [5.41, 5.74) is 8.65. The fraction of sp³-hybridized carbons (Fsp3) is 0.333. The summed E-state index contributed by atoms with van der Waals surface area (Å²) in [4.78, 5) is 1.28. The number of benzene rings is 1. The summed E-state index contributed by atoms with van der Waals surface area (Å²) in [5.74, 6) is 0. The third-order valence-corrected chi connectivity index (χ3v) is 6.52. The maximum atomic E-state index is 12.7. The summed E-state index contributed by atoms with van der Waals surface area (Å²) in [7, 11) is -3.62. The lowest BCUT2D eigenvalue weighted by Crippen LogP contribution is -2.28. The van der Waals surface area contributed by atoms with Gasteiger partial charge in [0.2, 0.25) is 10.0 Å². The molecular formula is C15H20N2O2S2. The minimum absolute atomic E-state index is 0.268. The molecule has 1 heterocycles. The molecule has 21 heavy (non-hydrogen) atoms. The van der Waals surface area contributed by atoms with E-state index in [1.165, 1.54) is 11.3 Å². The third-order valence-electron chi connectivity index (χ3n) is 3.65. The van der Waals surface area contributed by atoms with Crippen molar-refractivity contribution < 1.29 is 8.42 Å². The molecule has 2 rings (SSSR count). The quantitative estimate of drug-likeness (QED) is 0.848. The molecule has 2 aromatic rings. The highest BCUT2D eigenvalue weighted by Crippen LogP contribution is 2.29.